The number of nitrogens with zero attached hydrogens (tertiary/aromatic N) is 2. The van der Waals surface area contributed by atoms with Crippen LogP contribution in [0.25, 0.3) is 21.5 Å². The van der Waals surface area contributed by atoms with E-state index in [0.29, 0.717) is 0 Å². The van der Waals surface area contributed by atoms with Gasteiger partial charge in [-0.2, -0.15) is 0 Å². The summed E-state index contributed by atoms with van der Waals surface area (Å²) in [6.07, 6.45) is 0. The van der Waals surface area contributed by atoms with Gasteiger partial charge in [0.1, 0.15) is 16.5 Å². The first-order chi connectivity index (χ1) is 15.8. The molecule has 5 aromatic rings. The largest absolute Gasteiger partial charge is 0.506 e. The fourth-order valence-corrected chi connectivity index (χ4v) is 3.34. The third-order valence-electron chi connectivity index (χ3n) is 5.29. The highest BCUT2D eigenvalue weighted by molar-refractivity contribution is 6.33. The lowest BCUT2D eigenvalue weighted by Gasteiger charge is -2.01. The van der Waals surface area contributed by atoms with Crippen molar-refractivity contribution in [2.45, 2.75) is 27.7 Å². The average molecular weight is 459 g/mol. The third kappa shape index (κ3) is 6.21. The van der Waals surface area contributed by atoms with Crippen LogP contribution in [-0.4, -0.2) is 20.2 Å². The lowest BCUT2D eigenvalue weighted by Crippen LogP contribution is -1.97. The maximum absolute atomic E-state index is 8.81. The van der Waals surface area contributed by atoms with Crippen molar-refractivity contribution >= 4 is 33.1 Å². The zero-order valence-electron chi connectivity index (χ0n) is 19.2. The van der Waals surface area contributed by atoms with Gasteiger partial charge in [0.25, 0.3) is 0 Å². The third-order valence-corrected chi connectivity index (χ3v) is 5.68. The van der Waals surface area contributed by atoms with Gasteiger partial charge in [0.05, 0.1) is 22.8 Å². The molecule has 0 bridgehead atoms. The molecule has 0 spiro atoms. The standard InChI is InChI=1S/C14H10.C8H12N2.C6H5ClO2/c1-2-6-12-10-14-8-4-3-7-13(14)9-11(12)5-1;1-5-6(2)10-8(4)7(3)9-5;7-6-4(8)2-1-3-5(6)9/h1-10H;1-4H3;1-3,8-9H. The first kappa shape index (κ1) is 24.0. The summed E-state index contributed by atoms with van der Waals surface area (Å²) in [5.74, 6) is -0.201. The van der Waals surface area contributed by atoms with Crippen LogP contribution in [0.15, 0.2) is 78.9 Å². The lowest BCUT2D eigenvalue weighted by molar-refractivity contribution is 0.451. The summed E-state index contributed by atoms with van der Waals surface area (Å²) in [5.41, 5.74) is 4.12. The number of phenols is 2. The highest BCUT2D eigenvalue weighted by Crippen LogP contribution is 2.31. The number of hydrogen-bond acceptors (Lipinski definition) is 4. The molecule has 1 aromatic heterocycles. The molecule has 5 heteroatoms. The normalized spacial score (nSPS) is 10.2. The Balaban J connectivity index is 0.000000145. The van der Waals surface area contributed by atoms with Crippen LogP contribution in [0.5, 0.6) is 11.5 Å². The minimum absolute atomic E-state index is 0.00231. The number of benzene rings is 4. The lowest BCUT2D eigenvalue weighted by atomic mass is 10.0. The van der Waals surface area contributed by atoms with Crippen molar-refractivity contribution in [3.63, 3.8) is 0 Å². The smallest absolute Gasteiger partial charge is 0.137 e. The second-order valence-corrected chi connectivity index (χ2v) is 8.10. The second-order valence-electron chi connectivity index (χ2n) is 7.72. The number of rotatable bonds is 0. The average Bonchev–Trinajstić information content (AvgIpc) is 2.81. The van der Waals surface area contributed by atoms with E-state index in [1.807, 2.05) is 27.7 Å². The van der Waals surface area contributed by atoms with Gasteiger partial charge in [-0.05, 0) is 73.5 Å². The van der Waals surface area contributed by atoms with Gasteiger partial charge < -0.3 is 10.2 Å². The van der Waals surface area contributed by atoms with Crippen LogP contribution in [0.2, 0.25) is 5.02 Å². The van der Waals surface area contributed by atoms with E-state index in [1.165, 1.54) is 39.7 Å². The maximum atomic E-state index is 8.81. The monoisotopic (exact) mass is 458 g/mol. The van der Waals surface area contributed by atoms with Gasteiger partial charge >= 0.3 is 0 Å². The Kier molecular flexibility index (Phi) is 7.86. The Bertz CT molecular complexity index is 1220. The van der Waals surface area contributed by atoms with Gasteiger partial charge in [-0.15, -0.1) is 0 Å². The quantitative estimate of drug-likeness (QED) is 0.236. The molecule has 168 valence electrons. The summed E-state index contributed by atoms with van der Waals surface area (Å²) < 4.78 is 0. The molecule has 2 N–H and O–H groups in total. The van der Waals surface area contributed by atoms with Crippen molar-refractivity contribution in [3.8, 4) is 11.5 Å². The Morgan fingerprint density at radius 1 is 0.515 bits per heavy atom. The number of hydrogen-bond donors (Lipinski definition) is 2. The molecule has 1 heterocycles. The number of halogens is 1. The highest BCUT2D eigenvalue weighted by atomic mass is 35.5. The van der Waals surface area contributed by atoms with E-state index in [0.717, 1.165) is 22.8 Å². The van der Waals surface area contributed by atoms with Crippen LogP contribution >= 0.6 is 11.6 Å². The predicted octanol–water partition coefficient (Wildman–Crippen LogP) is 7.45. The molecule has 0 aliphatic carbocycles. The summed E-state index contributed by atoms with van der Waals surface area (Å²) >= 11 is 5.38. The van der Waals surface area contributed by atoms with E-state index >= 15 is 0 Å². The van der Waals surface area contributed by atoms with Crippen LogP contribution in [0.4, 0.5) is 0 Å². The Labute approximate surface area is 199 Å². The van der Waals surface area contributed by atoms with Crippen molar-refractivity contribution < 1.29 is 10.2 Å². The minimum Gasteiger partial charge on any atom is -0.506 e. The number of fused-ring (bicyclic) bond motifs is 2. The van der Waals surface area contributed by atoms with Crippen molar-refractivity contribution in [2.75, 3.05) is 0 Å². The molecule has 0 fully saturated rings. The van der Waals surface area contributed by atoms with E-state index in [1.54, 1.807) is 0 Å². The Hall–Kier alpha value is -3.63. The SMILES string of the molecule is Cc1nc(C)c(C)nc1C.Oc1cccc(O)c1Cl.c1ccc2cc3ccccc3cc2c1. The second kappa shape index (κ2) is 10.8. The summed E-state index contributed by atoms with van der Waals surface area (Å²) in [6.45, 7) is 7.92. The van der Waals surface area contributed by atoms with Crippen molar-refractivity contribution in [3.05, 3.63) is 107 Å². The van der Waals surface area contributed by atoms with E-state index in [4.69, 9.17) is 21.8 Å². The van der Waals surface area contributed by atoms with Crippen molar-refractivity contribution in [2.24, 2.45) is 0 Å². The van der Waals surface area contributed by atoms with Crippen LogP contribution < -0.4 is 0 Å². The summed E-state index contributed by atoms with van der Waals surface area (Å²) in [4.78, 5) is 8.62. The van der Waals surface area contributed by atoms with Gasteiger partial charge in [-0.3, -0.25) is 9.97 Å². The topological polar surface area (TPSA) is 66.2 Å². The summed E-state index contributed by atoms with van der Waals surface area (Å²) in [6, 6.07) is 25.7. The first-order valence-corrected chi connectivity index (χ1v) is 11.0. The van der Waals surface area contributed by atoms with Gasteiger partial charge in [0, 0.05) is 0 Å². The van der Waals surface area contributed by atoms with Crippen molar-refractivity contribution in [1.29, 1.82) is 0 Å². The first-order valence-electron chi connectivity index (χ1n) is 10.6. The molecule has 33 heavy (non-hydrogen) atoms. The molecule has 4 aromatic carbocycles. The molecule has 0 unspecified atom stereocenters. The number of aryl methyl sites for hydroxylation is 4. The molecule has 0 saturated heterocycles. The molecule has 0 atom stereocenters. The van der Waals surface area contributed by atoms with Crippen molar-refractivity contribution in [1.82, 2.24) is 9.97 Å². The van der Waals surface area contributed by atoms with Crippen LogP contribution in [-0.2, 0) is 0 Å². The number of aromatic nitrogens is 2. The maximum Gasteiger partial charge on any atom is 0.137 e. The van der Waals surface area contributed by atoms with Gasteiger partial charge in [0.2, 0.25) is 0 Å². The fraction of sp³-hybridized carbons (Fsp3) is 0.143. The minimum atomic E-state index is -0.100. The highest BCUT2D eigenvalue weighted by Gasteiger charge is 2.00. The van der Waals surface area contributed by atoms with E-state index < -0.39 is 0 Å². The Morgan fingerprint density at radius 2 is 0.818 bits per heavy atom. The molecule has 0 amide bonds. The van der Waals surface area contributed by atoms with Gasteiger partial charge in [-0.25, -0.2) is 0 Å². The van der Waals surface area contributed by atoms with E-state index in [-0.39, 0.29) is 16.5 Å². The molecule has 4 nitrogen and oxygen atoms in total. The zero-order chi connectivity index (χ0) is 24.0. The predicted molar refractivity (Wildman–Crippen MR) is 137 cm³/mol. The molecule has 0 radical (unpaired) electrons. The molecular formula is C28H27ClN2O2. The molecule has 0 aliphatic rings. The van der Waals surface area contributed by atoms with E-state index in [9.17, 15) is 0 Å². The number of aromatic hydroxyl groups is 2. The summed E-state index contributed by atoms with van der Waals surface area (Å²) in [5, 5.41) is 22.9. The molecule has 0 aliphatic heterocycles. The summed E-state index contributed by atoms with van der Waals surface area (Å²) in [7, 11) is 0. The van der Waals surface area contributed by atoms with Crippen LogP contribution in [0.3, 0.4) is 0 Å². The fourth-order valence-electron chi connectivity index (χ4n) is 3.22. The van der Waals surface area contributed by atoms with Crippen LogP contribution in [0.1, 0.15) is 22.8 Å². The molecule has 5 rings (SSSR count). The Morgan fingerprint density at radius 3 is 1.09 bits per heavy atom. The van der Waals surface area contributed by atoms with Gasteiger partial charge in [0.15, 0.2) is 0 Å². The zero-order valence-corrected chi connectivity index (χ0v) is 19.9. The van der Waals surface area contributed by atoms with E-state index in [2.05, 4.69) is 70.6 Å². The number of phenolic OH excluding ortho intramolecular Hbond substituents is 2. The van der Waals surface area contributed by atoms with Gasteiger partial charge in [-0.1, -0.05) is 66.2 Å². The van der Waals surface area contributed by atoms with Crippen LogP contribution in [0, 0.1) is 27.7 Å². The molecule has 0 saturated carbocycles. The molecular weight excluding hydrogens is 432 g/mol.